The van der Waals surface area contributed by atoms with Crippen LogP contribution in [-0.2, 0) is 4.74 Å². The molecule has 1 rings (SSSR count). The average Bonchev–Trinajstić information content (AvgIpc) is 2.29. The van der Waals surface area contributed by atoms with Gasteiger partial charge in [0.1, 0.15) is 11.9 Å². The molecule has 1 aliphatic heterocycles. The first-order valence-corrected chi connectivity index (χ1v) is 5.44. The van der Waals surface area contributed by atoms with E-state index in [0.717, 1.165) is 25.5 Å². The second-order valence-corrected chi connectivity index (χ2v) is 3.56. The van der Waals surface area contributed by atoms with E-state index < -0.39 is 4.92 Å². The first-order valence-electron chi connectivity index (χ1n) is 5.44. The number of ether oxygens (including phenoxy) is 1. The smallest absolute Gasteiger partial charge is 0.305 e. The number of nitro groups is 1. The van der Waals surface area contributed by atoms with E-state index in [1.54, 1.807) is 0 Å². The lowest BCUT2D eigenvalue weighted by molar-refractivity contribution is -0.415. The lowest BCUT2D eigenvalue weighted by Crippen LogP contribution is -2.21. The number of hydrogen-bond acceptors (Lipinski definition) is 5. The fourth-order valence-corrected chi connectivity index (χ4v) is 1.60. The summed E-state index contributed by atoms with van der Waals surface area (Å²) in [5.41, 5.74) is 5.50. The molecule has 1 unspecified atom stereocenters. The molecular formula is C10H17N3O3. The Balaban J connectivity index is 2.78. The standard InChI is InChI=1S/C10H17N3O3/c1-2-8(9(7-11)13(14)15)12-10-5-3-4-6-16-10/h7,10H,2-6,11H2,1H3. The largest absolute Gasteiger partial charge is 0.399 e. The van der Waals surface area contributed by atoms with Crippen molar-refractivity contribution in [2.75, 3.05) is 6.61 Å². The van der Waals surface area contributed by atoms with Crippen molar-refractivity contribution in [2.45, 2.75) is 38.8 Å². The summed E-state index contributed by atoms with van der Waals surface area (Å²) >= 11 is 0. The summed E-state index contributed by atoms with van der Waals surface area (Å²) in [7, 11) is 0. The Hall–Kier alpha value is -1.43. The van der Waals surface area contributed by atoms with Gasteiger partial charge in [0, 0.05) is 6.61 Å². The molecule has 0 aromatic carbocycles. The van der Waals surface area contributed by atoms with Crippen molar-refractivity contribution in [1.29, 1.82) is 0 Å². The molecule has 1 heterocycles. The van der Waals surface area contributed by atoms with Gasteiger partial charge in [0.2, 0.25) is 0 Å². The molecule has 0 bridgehead atoms. The van der Waals surface area contributed by atoms with Crippen LogP contribution in [0.1, 0.15) is 32.6 Å². The Morgan fingerprint density at radius 1 is 1.69 bits per heavy atom. The van der Waals surface area contributed by atoms with Gasteiger partial charge in [-0.25, -0.2) is 0 Å². The topological polar surface area (TPSA) is 90.8 Å². The quantitative estimate of drug-likeness (QED) is 0.447. The van der Waals surface area contributed by atoms with Gasteiger partial charge < -0.3 is 10.5 Å². The highest BCUT2D eigenvalue weighted by Crippen LogP contribution is 2.15. The van der Waals surface area contributed by atoms with E-state index in [9.17, 15) is 10.1 Å². The summed E-state index contributed by atoms with van der Waals surface area (Å²) in [4.78, 5) is 14.5. The minimum Gasteiger partial charge on any atom is -0.399 e. The van der Waals surface area contributed by atoms with Crippen LogP contribution in [0.3, 0.4) is 0 Å². The summed E-state index contributed by atoms with van der Waals surface area (Å²) in [6.45, 7) is 2.49. The molecule has 0 amide bonds. The molecule has 6 heteroatoms. The predicted octanol–water partition coefficient (Wildman–Crippen LogP) is 1.44. The van der Waals surface area contributed by atoms with Gasteiger partial charge in [0.15, 0.2) is 0 Å². The maximum absolute atomic E-state index is 10.7. The molecule has 0 aliphatic carbocycles. The van der Waals surface area contributed by atoms with Crippen LogP contribution in [0.25, 0.3) is 0 Å². The van der Waals surface area contributed by atoms with Crippen LogP contribution in [0.15, 0.2) is 16.9 Å². The molecule has 2 N–H and O–H groups in total. The Morgan fingerprint density at radius 2 is 2.44 bits per heavy atom. The lowest BCUT2D eigenvalue weighted by atomic mass is 10.1. The number of aliphatic imine (C=N–C) groups is 1. The van der Waals surface area contributed by atoms with Gasteiger partial charge in [-0.05, 0) is 25.7 Å². The second kappa shape index (κ2) is 6.22. The van der Waals surface area contributed by atoms with E-state index in [1.807, 2.05) is 6.92 Å². The van der Waals surface area contributed by atoms with E-state index >= 15 is 0 Å². The van der Waals surface area contributed by atoms with Crippen LogP contribution in [-0.4, -0.2) is 23.5 Å². The molecule has 0 aromatic rings. The van der Waals surface area contributed by atoms with E-state index in [2.05, 4.69) is 4.99 Å². The van der Waals surface area contributed by atoms with Crippen LogP contribution < -0.4 is 5.73 Å². The van der Waals surface area contributed by atoms with Crippen molar-refractivity contribution in [3.8, 4) is 0 Å². The molecule has 0 radical (unpaired) electrons. The Kier molecular flexibility index (Phi) is 4.91. The Labute approximate surface area is 94.3 Å². The molecule has 0 aromatic heterocycles. The monoisotopic (exact) mass is 227 g/mol. The zero-order valence-corrected chi connectivity index (χ0v) is 9.39. The highest BCUT2D eigenvalue weighted by molar-refractivity contribution is 5.97. The van der Waals surface area contributed by atoms with Gasteiger partial charge in [-0.2, -0.15) is 0 Å². The van der Waals surface area contributed by atoms with Crippen LogP contribution >= 0.6 is 0 Å². The highest BCUT2D eigenvalue weighted by Gasteiger charge is 2.20. The van der Waals surface area contributed by atoms with Gasteiger partial charge in [-0.1, -0.05) is 6.92 Å². The number of nitrogens with two attached hydrogens (primary N) is 1. The van der Waals surface area contributed by atoms with Crippen LogP contribution in [0.2, 0.25) is 0 Å². The lowest BCUT2D eigenvalue weighted by Gasteiger charge is -2.19. The second-order valence-electron chi connectivity index (χ2n) is 3.56. The van der Waals surface area contributed by atoms with Crippen LogP contribution in [0.4, 0.5) is 0 Å². The van der Waals surface area contributed by atoms with Crippen molar-refractivity contribution < 1.29 is 9.66 Å². The molecule has 90 valence electrons. The predicted molar refractivity (Wildman–Crippen MR) is 60.6 cm³/mol. The van der Waals surface area contributed by atoms with E-state index in [4.69, 9.17) is 10.5 Å². The first-order chi connectivity index (χ1) is 7.69. The van der Waals surface area contributed by atoms with Crippen LogP contribution in [0.5, 0.6) is 0 Å². The van der Waals surface area contributed by atoms with Gasteiger partial charge >= 0.3 is 5.70 Å². The van der Waals surface area contributed by atoms with Crippen molar-refractivity contribution in [1.82, 2.24) is 0 Å². The first kappa shape index (κ1) is 12.6. The van der Waals surface area contributed by atoms with E-state index in [-0.39, 0.29) is 11.9 Å². The third-order valence-electron chi connectivity index (χ3n) is 2.44. The normalized spacial score (nSPS) is 23.2. The summed E-state index contributed by atoms with van der Waals surface area (Å²) in [5, 5.41) is 10.7. The number of rotatable bonds is 4. The average molecular weight is 227 g/mol. The summed E-state index contributed by atoms with van der Waals surface area (Å²) < 4.78 is 5.41. The summed E-state index contributed by atoms with van der Waals surface area (Å²) in [6.07, 6.45) is 4.11. The van der Waals surface area contributed by atoms with E-state index in [0.29, 0.717) is 18.7 Å². The molecule has 1 fully saturated rings. The molecule has 1 aliphatic rings. The van der Waals surface area contributed by atoms with Crippen molar-refractivity contribution in [3.05, 3.63) is 22.0 Å². The fourth-order valence-electron chi connectivity index (χ4n) is 1.60. The molecule has 0 saturated carbocycles. The molecular weight excluding hydrogens is 210 g/mol. The Morgan fingerprint density at radius 3 is 2.88 bits per heavy atom. The number of nitrogens with zero attached hydrogens (tertiary/aromatic N) is 2. The number of hydrogen-bond donors (Lipinski definition) is 1. The van der Waals surface area contributed by atoms with Crippen molar-refractivity contribution in [2.24, 2.45) is 10.7 Å². The maximum atomic E-state index is 10.7. The van der Waals surface area contributed by atoms with Crippen molar-refractivity contribution >= 4 is 5.71 Å². The molecule has 6 nitrogen and oxygen atoms in total. The van der Waals surface area contributed by atoms with Crippen molar-refractivity contribution in [3.63, 3.8) is 0 Å². The third-order valence-corrected chi connectivity index (χ3v) is 2.44. The van der Waals surface area contributed by atoms with Gasteiger partial charge in [-0.15, -0.1) is 0 Å². The third kappa shape index (κ3) is 3.30. The SMILES string of the molecule is CCC(=NC1CCCCO1)C(=CN)[N+](=O)[O-]. The highest BCUT2D eigenvalue weighted by atomic mass is 16.6. The zero-order valence-electron chi connectivity index (χ0n) is 9.39. The summed E-state index contributed by atoms with van der Waals surface area (Å²) in [5.74, 6) is 0. The van der Waals surface area contributed by atoms with Gasteiger partial charge in [-0.3, -0.25) is 15.1 Å². The zero-order chi connectivity index (χ0) is 12.0. The molecule has 0 spiro atoms. The fraction of sp³-hybridized carbons (Fsp3) is 0.700. The van der Waals surface area contributed by atoms with Gasteiger partial charge in [0.25, 0.3) is 0 Å². The summed E-state index contributed by atoms with van der Waals surface area (Å²) in [6, 6.07) is 0. The van der Waals surface area contributed by atoms with Gasteiger partial charge in [0.05, 0.1) is 11.1 Å². The Bertz CT molecular complexity index is 306. The number of allylic oxidation sites excluding steroid dienone is 1. The molecule has 1 saturated heterocycles. The van der Waals surface area contributed by atoms with Crippen LogP contribution in [0, 0.1) is 10.1 Å². The minimum atomic E-state index is -0.509. The minimum absolute atomic E-state index is 0.128. The maximum Gasteiger partial charge on any atom is 0.305 e. The van der Waals surface area contributed by atoms with E-state index in [1.165, 1.54) is 0 Å². The molecule has 1 atom stereocenters. The molecule has 16 heavy (non-hydrogen) atoms.